The molecule has 2 heterocycles. The van der Waals surface area contributed by atoms with Gasteiger partial charge in [0.25, 0.3) is 0 Å². The predicted molar refractivity (Wildman–Crippen MR) is 50.9 cm³/mol. The van der Waals surface area contributed by atoms with Crippen molar-refractivity contribution in [2.75, 3.05) is 0 Å². The molecule has 0 amide bonds. The molecule has 0 unspecified atom stereocenters. The van der Waals surface area contributed by atoms with E-state index < -0.39 is 0 Å². The molecular formula is C8H8ClN5. The first-order valence-corrected chi connectivity index (χ1v) is 4.45. The Hall–Kier alpha value is -1.49. The number of nitrogens with zero attached hydrogens (tertiary/aromatic N) is 5. The highest BCUT2D eigenvalue weighted by atomic mass is 35.5. The zero-order valence-corrected chi connectivity index (χ0v) is 8.31. The van der Waals surface area contributed by atoms with E-state index in [1.807, 2.05) is 13.0 Å². The number of rotatable bonds is 2. The Morgan fingerprint density at radius 3 is 3.00 bits per heavy atom. The fourth-order valence-corrected chi connectivity index (χ4v) is 1.26. The molecule has 0 aliphatic rings. The van der Waals surface area contributed by atoms with Crippen LogP contribution in [0.25, 0.3) is 0 Å². The van der Waals surface area contributed by atoms with E-state index in [0.29, 0.717) is 11.8 Å². The van der Waals surface area contributed by atoms with Crippen LogP contribution in [0.15, 0.2) is 18.6 Å². The van der Waals surface area contributed by atoms with Gasteiger partial charge in [-0.05, 0) is 24.6 Å². The molecule has 0 bridgehead atoms. The summed E-state index contributed by atoms with van der Waals surface area (Å²) < 4.78 is 1.71. The van der Waals surface area contributed by atoms with E-state index in [0.717, 1.165) is 11.5 Å². The Morgan fingerprint density at radius 2 is 2.36 bits per heavy atom. The smallest absolute Gasteiger partial charge is 0.225 e. The molecule has 2 aromatic rings. The van der Waals surface area contributed by atoms with E-state index in [-0.39, 0.29) is 0 Å². The van der Waals surface area contributed by atoms with Crippen molar-refractivity contribution in [3.05, 3.63) is 35.4 Å². The zero-order chi connectivity index (χ0) is 9.97. The van der Waals surface area contributed by atoms with E-state index in [1.54, 1.807) is 17.1 Å². The summed E-state index contributed by atoms with van der Waals surface area (Å²) in [7, 11) is 0. The van der Waals surface area contributed by atoms with Crippen LogP contribution in [-0.4, -0.2) is 24.7 Å². The number of hydrogen-bond acceptors (Lipinski definition) is 4. The van der Waals surface area contributed by atoms with Gasteiger partial charge >= 0.3 is 0 Å². The number of aromatic nitrogens is 5. The van der Waals surface area contributed by atoms with Crippen LogP contribution >= 0.6 is 11.6 Å². The van der Waals surface area contributed by atoms with E-state index in [2.05, 4.69) is 20.2 Å². The van der Waals surface area contributed by atoms with Crippen molar-refractivity contribution >= 4 is 11.6 Å². The van der Waals surface area contributed by atoms with Crippen molar-refractivity contribution in [3.8, 4) is 0 Å². The fourth-order valence-electron chi connectivity index (χ4n) is 1.11. The monoisotopic (exact) mass is 209 g/mol. The van der Waals surface area contributed by atoms with Gasteiger partial charge in [0.05, 0.1) is 12.2 Å². The molecule has 0 N–H and O–H groups in total. The van der Waals surface area contributed by atoms with Crippen LogP contribution in [0.5, 0.6) is 0 Å². The van der Waals surface area contributed by atoms with Crippen molar-refractivity contribution in [3.63, 3.8) is 0 Å². The van der Waals surface area contributed by atoms with E-state index in [4.69, 9.17) is 11.6 Å². The highest BCUT2D eigenvalue weighted by molar-refractivity contribution is 6.28. The molecule has 14 heavy (non-hydrogen) atoms. The molecule has 0 saturated carbocycles. The quantitative estimate of drug-likeness (QED) is 0.743. The first-order chi connectivity index (χ1) is 6.75. The summed E-state index contributed by atoms with van der Waals surface area (Å²) in [6.07, 6.45) is 3.29. The van der Waals surface area contributed by atoms with Gasteiger partial charge in [0, 0.05) is 6.20 Å². The fraction of sp³-hybridized carbons (Fsp3) is 0.250. The standard InChI is InChI=1S/C8H8ClN5/c1-6-10-3-2-7(12-6)4-14-5-11-13-8(14)9/h2-3,5H,4H2,1H3. The van der Waals surface area contributed by atoms with E-state index in [9.17, 15) is 0 Å². The molecule has 0 radical (unpaired) electrons. The van der Waals surface area contributed by atoms with E-state index >= 15 is 0 Å². The van der Waals surface area contributed by atoms with Gasteiger partial charge in [-0.3, -0.25) is 4.57 Å². The molecular weight excluding hydrogens is 202 g/mol. The third-order valence-electron chi connectivity index (χ3n) is 1.73. The molecule has 5 nitrogen and oxygen atoms in total. The zero-order valence-electron chi connectivity index (χ0n) is 7.55. The molecule has 6 heteroatoms. The lowest BCUT2D eigenvalue weighted by Crippen LogP contribution is -2.02. The van der Waals surface area contributed by atoms with Crippen LogP contribution < -0.4 is 0 Å². The van der Waals surface area contributed by atoms with Crippen molar-refractivity contribution in [1.82, 2.24) is 24.7 Å². The normalized spacial score (nSPS) is 10.4. The van der Waals surface area contributed by atoms with Gasteiger partial charge < -0.3 is 0 Å². The van der Waals surface area contributed by atoms with Gasteiger partial charge in [0.1, 0.15) is 12.2 Å². The molecule has 2 aromatic heterocycles. The van der Waals surface area contributed by atoms with Gasteiger partial charge in [-0.15, -0.1) is 10.2 Å². The van der Waals surface area contributed by atoms with Crippen LogP contribution in [0.3, 0.4) is 0 Å². The first-order valence-electron chi connectivity index (χ1n) is 4.07. The van der Waals surface area contributed by atoms with Crippen molar-refractivity contribution in [2.45, 2.75) is 13.5 Å². The minimum atomic E-state index is 0.362. The van der Waals surface area contributed by atoms with Gasteiger partial charge in [-0.1, -0.05) is 0 Å². The molecule has 72 valence electrons. The van der Waals surface area contributed by atoms with Crippen molar-refractivity contribution in [2.24, 2.45) is 0 Å². The van der Waals surface area contributed by atoms with Crippen molar-refractivity contribution in [1.29, 1.82) is 0 Å². The topological polar surface area (TPSA) is 56.5 Å². The molecule has 0 spiro atoms. The van der Waals surface area contributed by atoms with Crippen LogP contribution in [0.4, 0.5) is 0 Å². The third-order valence-corrected chi connectivity index (χ3v) is 2.03. The van der Waals surface area contributed by atoms with Gasteiger partial charge in [0.15, 0.2) is 0 Å². The lowest BCUT2D eigenvalue weighted by atomic mass is 10.4. The lowest BCUT2D eigenvalue weighted by molar-refractivity contribution is 0.760. The summed E-state index contributed by atoms with van der Waals surface area (Å²) >= 11 is 5.78. The Kier molecular flexibility index (Phi) is 2.41. The Balaban J connectivity index is 2.23. The summed E-state index contributed by atoms with van der Waals surface area (Å²) in [5, 5.41) is 7.71. The van der Waals surface area contributed by atoms with Crippen LogP contribution in [0.2, 0.25) is 5.28 Å². The number of aryl methyl sites for hydroxylation is 1. The maximum atomic E-state index is 5.78. The van der Waals surface area contributed by atoms with E-state index in [1.165, 1.54) is 0 Å². The maximum absolute atomic E-state index is 5.78. The van der Waals surface area contributed by atoms with Crippen LogP contribution in [0, 0.1) is 6.92 Å². The molecule has 0 aliphatic carbocycles. The molecule has 2 rings (SSSR count). The summed E-state index contributed by atoms with van der Waals surface area (Å²) in [5.74, 6) is 0.742. The number of halogens is 1. The van der Waals surface area contributed by atoms with Gasteiger partial charge in [0.2, 0.25) is 5.28 Å². The molecule has 0 aliphatic heterocycles. The van der Waals surface area contributed by atoms with Crippen LogP contribution in [-0.2, 0) is 6.54 Å². The minimum Gasteiger partial charge on any atom is -0.298 e. The molecule has 0 aromatic carbocycles. The second kappa shape index (κ2) is 3.71. The lowest BCUT2D eigenvalue weighted by Gasteiger charge is -2.01. The summed E-state index contributed by atoms with van der Waals surface area (Å²) in [4.78, 5) is 8.25. The molecule has 0 fully saturated rings. The van der Waals surface area contributed by atoms with Crippen LogP contribution in [0.1, 0.15) is 11.5 Å². The first kappa shape index (κ1) is 9.08. The average molecular weight is 210 g/mol. The second-order valence-corrected chi connectivity index (χ2v) is 3.16. The average Bonchev–Trinajstić information content (AvgIpc) is 2.52. The SMILES string of the molecule is Cc1nccc(Cn2cnnc2Cl)n1. The van der Waals surface area contributed by atoms with Crippen molar-refractivity contribution < 1.29 is 0 Å². The van der Waals surface area contributed by atoms with Gasteiger partial charge in [-0.25, -0.2) is 9.97 Å². The Morgan fingerprint density at radius 1 is 1.50 bits per heavy atom. The highest BCUT2D eigenvalue weighted by Gasteiger charge is 2.02. The summed E-state index contributed by atoms with van der Waals surface area (Å²) in [6, 6.07) is 1.84. The molecule has 0 atom stereocenters. The Bertz CT molecular complexity index is 439. The maximum Gasteiger partial charge on any atom is 0.225 e. The summed E-state index contributed by atoms with van der Waals surface area (Å²) in [6.45, 7) is 2.41. The molecule has 0 saturated heterocycles. The number of hydrogen-bond donors (Lipinski definition) is 0. The third kappa shape index (κ3) is 1.88. The minimum absolute atomic E-state index is 0.362. The predicted octanol–water partition coefficient (Wildman–Crippen LogP) is 1.08. The second-order valence-electron chi connectivity index (χ2n) is 2.82. The summed E-state index contributed by atoms with van der Waals surface area (Å²) in [5.41, 5.74) is 0.888. The van der Waals surface area contributed by atoms with Gasteiger partial charge in [-0.2, -0.15) is 0 Å². The Labute approximate surface area is 85.8 Å². The highest BCUT2D eigenvalue weighted by Crippen LogP contribution is 2.05. The largest absolute Gasteiger partial charge is 0.298 e.